The van der Waals surface area contributed by atoms with Crippen molar-refractivity contribution in [3.8, 4) is 17.2 Å². The normalized spacial score (nSPS) is 10.6. The third-order valence-electron chi connectivity index (χ3n) is 3.99. The van der Waals surface area contributed by atoms with E-state index >= 15 is 0 Å². The van der Waals surface area contributed by atoms with Gasteiger partial charge in [0.25, 0.3) is 0 Å². The van der Waals surface area contributed by atoms with E-state index < -0.39 is 5.97 Å². The summed E-state index contributed by atoms with van der Waals surface area (Å²) in [4.78, 5) is 16.7. The van der Waals surface area contributed by atoms with Crippen molar-refractivity contribution in [2.75, 3.05) is 0 Å². The number of hydrogen-bond acceptors (Lipinski definition) is 6. The number of hydrogen-bond donors (Lipinski definition) is 0. The molecular weight excluding hydrogens is 358 g/mol. The van der Waals surface area contributed by atoms with Crippen LogP contribution in [0.2, 0.25) is 0 Å². The summed E-state index contributed by atoms with van der Waals surface area (Å²) in [6.45, 7) is 0.182. The zero-order chi connectivity index (χ0) is 19.2. The molecule has 6 heteroatoms. The SMILES string of the molecule is O=C(OCc1coc(-c2ccccc2)n1)c1occc1COc1ccccc1. The lowest BCUT2D eigenvalue weighted by atomic mass is 10.2. The van der Waals surface area contributed by atoms with Crippen molar-refractivity contribution in [3.05, 3.63) is 96.3 Å². The summed E-state index contributed by atoms with van der Waals surface area (Å²) in [5.41, 5.74) is 1.98. The highest BCUT2D eigenvalue weighted by atomic mass is 16.5. The summed E-state index contributed by atoms with van der Waals surface area (Å²) >= 11 is 0. The Morgan fingerprint density at radius 1 is 0.893 bits per heavy atom. The number of aromatic nitrogens is 1. The molecule has 0 spiro atoms. The van der Waals surface area contributed by atoms with E-state index in [-0.39, 0.29) is 19.0 Å². The smallest absolute Gasteiger partial charge is 0.375 e. The van der Waals surface area contributed by atoms with Crippen LogP contribution in [-0.4, -0.2) is 11.0 Å². The average Bonchev–Trinajstić information content (AvgIpc) is 3.41. The van der Waals surface area contributed by atoms with Gasteiger partial charge in [-0.1, -0.05) is 36.4 Å². The first-order chi connectivity index (χ1) is 13.8. The van der Waals surface area contributed by atoms with E-state index in [1.807, 2.05) is 60.7 Å². The first kappa shape index (κ1) is 17.6. The Morgan fingerprint density at radius 3 is 2.43 bits per heavy atom. The molecule has 2 aromatic heterocycles. The molecule has 2 heterocycles. The number of carbonyl (C=O) groups excluding carboxylic acids is 1. The predicted molar refractivity (Wildman–Crippen MR) is 101 cm³/mol. The maximum Gasteiger partial charge on any atom is 0.375 e. The molecule has 4 aromatic rings. The Bertz CT molecular complexity index is 1040. The second-order valence-corrected chi connectivity index (χ2v) is 5.96. The van der Waals surface area contributed by atoms with Gasteiger partial charge < -0.3 is 18.3 Å². The number of furan rings is 1. The maximum atomic E-state index is 12.4. The summed E-state index contributed by atoms with van der Waals surface area (Å²) in [7, 11) is 0. The van der Waals surface area contributed by atoms with Crippen molar-refractivity contribution >= 4 is 5.97 Å². The monoisotopic (exact) mass is 375 g/mol. The van der Waals surface area contributed by atoms with Crippen LogP contribution in [0.25, 0.3) is 11.5 Å². The number of carbonyl (C=O) groups is 1. The zero-order valence-electron chi connectivity index (χ0n) is 14.9. The molecule has 0 radical (unpaired) electrons. The number of ether oxygens (including phenoxy) is 2. The minimum atomic E-state index is -0.582. The largest absolute Gasteiger partial charge is 0.489 e. The van der Waals surface area contributed by atoms with Crippen molar-refractivity contribution < 1.29 is 23.1 Å². The van der Waals surface area contributed by atoms with Gasteiger partial charge in [-0.3, -0.25) is 0 Å². The highest BCUT2D eigenvalue weighted by Crippen LogP contribution is 2.20. The Balaban J connectivity index is 1.36. The minimum absolute atomic E-state index is 0.0190. The fourth-order valence-electron chi connectivity index (χ4n) is 2.60. The van der Waals surface area contributed by atoms with E-state index in [0.29, 0.717) is 22.9 Å². The average molecular weight is 375 g/mol. The Morgan fingerprint density at radius 2 is 1.64 bits per heavy atom. The summed E-state index contributed by atoms with van der Waals surface area (Å²) in [5.74, 6) is 0.712. The highest BCUT2D eigenvalue weighted by Gasteiger charge is 2.18. The molecule has 0 unspecified atom stereocenters. The molecular formula is C22H17NO5. The van der Waals surface area contributed by atoms with E-state index in [1.54, 1.807) is 6.07 Å². The van der Waals surface area contributed by atoms with Crippen molar-refractivity contribution in [2.45, 2.75) is 13.2 Å². The molecule has 28 heavy (non-hydrogen) atoms. The molecule has 140 valence electrons. The standard InChI is InChI=1S/C22H17NO5/c24-22(20-17(11-12-25-20)13-26-19-9-5-2-6-10-19)28-15-18-14-27-21(23-18)16-7-3-1-4-8-16/h1-12,14H,13,15H2. The fraction of sp³-hybridized carbons (Fsp3) is 0.0909. The highest BCUT2D eigenvalue weighted by molar-refractivity contribution is 5.87. The van der Waals surface area contributed by atoms with E-state index in [2.05, 4.69) is 4.98 Å². The van der Waals surface area contributed by atoms with E-state index in [9.17, 15) is 4.79 Å². The predicted octanol–water partition coefficient (Wildman–Crippen LogP) is 4.87. The molecule has 0 amide bonds. The molecule has 0 bridgehead atoms. The lowest BCUT2D eigenvalue weighted by molar-refractivity contribution is 0.0427. The molecule has 0 atom stereocenters. The third kappa shape index (κ3) is 4.12. The van der Waals surface area contributed by atoms with Gasteiger partial charge in [0.15, 0.2) is 0 Å². The van der Waals surface area contributed by atoms with Crippen LogP contribution < -0.4 is 4.74 Å². The van der Waals surface area contributed by atoms with Gasteiger partial charge in [-0.2, -0.15) is 0 Å². The van der Waals surface area contributed by atoms with Gasteiger partial charge in [0.2, 0.25) is 11.7 Å². The summed E-state index contributed by atoms with van der Waals surface area (Å²) in [6, 6.07) is 20.5. The van der Waals surface area contributed by atoms with Gasteiger partial charge in [0, 0.05) is 11.1 Å². The third-order valence-corrected chi connectivity index (χ3v) is 3.99. The van der Waals surface area contributed by atoms with Crippen molar-refractivity contribution in [3.63, 3.8) is 0 Å². The molecule has 0 aliphatic carbocycles. The first-order valence-electron chi connectivity index (χ1n) is 8.71. The molecule has 0 aliphatic heterocycles. The Labute approximate surface area is 161 Å². The van der Waals surface area contributed by atoms with Crippen LogP contribution in [-0.2, 0) is 18.0 Å². The van der Waals surface area contributed by atoms with E-state index in [0.717, 1.165) is 5.56 Å². The molecule has 0 saturated heterocycles. The maximum absolute atomic E-state index is 12.4. The molecule has 0 aliphatic rings. The fourth-order valence-corrected chi connectivity index (χ4v) is 2.60. The summed E-state index contributed by atoms with van der Waals surface area (Å²) in [6.07, 6.45) is 2.90. The van der Waals surface area contributed by atoms with Gasteiger partial charge in [-0.05, 0) is 30.3 Å². The number of benzene rings is 2. The molecule has 2 aromatic carbocycles. The number of rotatable bonds is 7. The van der Waals surface area contributed by atoms with Crippen LogP contribution in [0, 0.1) is 0 Å². The lowest BCUT2D eigenvalue weighted by Gasteiger charge is -2.06. The summed E-state index contributed by atoms with van der Waals surface area (Å²) in [5, 5.41) is 0. The van der Waals surface area contributed by atoms with Crippen LogP contribution in [0.5, 0.6) is 5.75 Å². The quantitative estimate of drug-likeness (QED) is 0.429. The first-order valence-corrected chi connectivity index (χ1v) is 8.71. The number of nitrogens with zero attached hydrogens (tertiary/aromatic N) is 1. The van der Waals surface area contributed by atoms with Crippen LogP contribution in [0.3, 0.4) is 0 Å². The number of esters is 1. The Hall–Kier alpha value is -3.80. The minimum Gasteiger partial charge on any atom is -0.489 e. The lowest BCUT2D eigenvalue weighted by Crippen LogP contribution is -2.08. The van der Waals surface area contributed by atoms with Crippen molar-refractivity contribution in [1.29, 1.82) is 0 Å². The second kappa shape index (κ2) is 8.26. The number of oxazole rings is 1. The van der Waals surface area contributed by atoms with Gasteiger partial charge in [-0.15, -0.1) is 0 Å². The van der Waals surface area contributed by atoms with E-state index in [1.165, 1.54) is 12.5 Å². The topological polar surface area (TPSA) is 74.7 Å². The van der Waals surface area contributed by atoms with Crippen molar-refractivity contribution in [2.24, 2.45) is 0 Å². The molecule has 0 saturated carbocycles. The molecule has 4 rings (SSSR count). The van der Waals surface area contributed by atoms with Crippen LogP contribution in [0.15, 0.2) is 88.1 Å². The van der Waals surface area contributed by atoms with Crippen LogP contribution in [0.4, 0.5) is 0 Å². The Kier molecular flexibility index (Phi) is 5.20. The van der Waals surface area contributed by atoms with Crippen LogP contribution >= 0.6 is 0 Å². The molecule has 6 nitrogen and oxygen atoms in total. The van der Waals surface area contributed by atoms with Gasteiger partial charge in [-0.25, -0.2) is 9.78 Å². The van der Waals surface area contributed by atoms with E-state index in [4.69, 9.17) is 18.3 Å². The van der Waals surface area contributed by atoms with Crippen LogP contribution in [0.1, 0.15) is 21.8 Å². The second-order valence-electron chi connectivity index (χ2n) is 5.96. The summed E-state index contributed by atoms with van der Waals surface area (Å²) < 4.78 is 21.7. The van der Waals surface area contributed by atoms with Gasteiger partial charge in [0.05, 0.1) is 6.26 Å². The molecule has 0 fully saturated rings. The van der Waals surface area contributed by atoms with Gasteiger partial charge >= 0.3 is 5.97 Å². The zero-order valence-corrected chi connectivity index (χ0v) is 14.9. The molecule has 0 N–H and O–H groups in total. The number of para-hydroxylation sites is 1. The van der Waals surface area contributed by atoms with Gasteiger partial charge in [0.1, 0.15) is 30.9 Å². The van der Waals surface area contributed by atoms with Crippen molar-refractivity contribution in [1.82, 2.24) is 4.98 Å².